The highest BCUT2D eigenvalue weighted by atomic mass is 16.6. The Kier molecular flexibility index (Phi) is 7.85. The molecule has 0 unspecified atom stereocenters. The summed E-state index contributed by atoms with van der Waals surface area (Å²) in [5, 5.41) is 28.2. The Hall–Kier alpha value is -4.79. The smallest absolute Gasteiger partial charge is 0.338 e. The largest absolute Gasteiger partial charge is 0.507 e. The summed E-state index contributed by atoms with van der Waals surface area (Å²) >= 11 is 0. The van der Waals surface area contributed by atoms with Gasteiger partial charge in [-0.05, 0) is 30.3 Å². The van der Waals surface area contributed by atoms with E-state index in [9.17, 15) is 24.6 Å². The summed E-state index contributed by atoms with van der Waals surface area (Å²) in [5.74, 6) is -2.40. The molecule has 9 nitrogen and oxygen atoms in total. The number of nitrogens with zero attached hydrogens (tertiary/aromatic N) is 2. The third-order valence-electron chi connectivity index (χ3n) is 4.48. The maximum Gasteiger partial charge on any atom is 0.338 e. The van der Waals surface area contributed by atoms with Gasteiger partial charge in [-0.15, -0.1) is 5.11 Å². The van der Waals surface area contributed by atoms with Gasteiger partial charge in [-0.25, -0.2) is 9.59 Å². The highest BCUT2D eigenvalue weighted by Gasteiger charge is 2.17. The number of rotatable bonds is 9. The van der Waals surface area contributed by atoms with Gasteiger partial charge >= 0.3 is 11.9 Å². The molecule has 9 heteroatoms. The van der Waals surface area contributed by atoms with E-state index < -0.39 is 17.7 Å². The molecule has 3 rings (SSSR count). The van der Waals surface area contributed by atoms with Crippen LogP contribution < -0.4 is 0 Å². The van der Waals surface area contributed by atoms with Crippen LogP contribution in [-0.2, 0) is 14.3 Å². The van der Waals surface area contributed by atoms with Crippen molar-refractivity contribution < 1.29 is 34.1 Å². The quantitative estimate of drug-likeness (QED) is 0.156. The second-order valence-electron chi connectivity index (χ2n) is 6.81. The molecule has 0 radical (unpaired) electrons. The molecule has 0 saturated carbocycles. The van der Waals surface area contributed by atoms with E-state index >= 15 is 0 Å². The fraction of sp³-hybridized carbons (Fsp3) is 0.0800. The number of phenols is 2. The molecule has 3 aromatic carbocycles. The number of benzene rings is 3. The van der Waals surface area contributed by atoms with Gasteiger partial charge in [-0.3, -0.25) is 4.79 Å². The number of aromatic hydroxyl groups is 2. The molecule has 0 atom stereocenters. The van der Waals surface area contributed by atoms with Crippen LogP contribution in [0.4, 0.5) is 11.4 Å². The molecule has 0 amide bonds. The molecule has 0 aliphatic carbocycles. The van der Waals surface area contributed by atoms with Gasteiger partial charge in [-0.2, -0.15) is 5.11 Å². The monoisotopic (exact) mass is 460 g/mol. The third-order valence-corrected chi connectivity index (χ3v) is 4.48. The van der Waals surface area contributed by atoms with E-state index in [2.05, 4.69) is 16.8 Å². The first-order valence-electron chi connectivity index (χ1n) is 10.0. The Morgan fingerprint density at radius 1 is 0.824 bits per heavy atom. The van der Waals surface area contributed by atoms with Crippen molar-refractivity contribution in [3.05, 3.63) is 96.1 Å². The maximum atomic E-state index is 12.7. The Balaban J connectivity index is 1.68. The first-order valence-corrected chi connectivity index (χ1v) is 10.0. The van der Waals surface area contributed by atoms with Crippen LogP contribution in [-0.4, -0.2) is 41.1 Å². The van der Waals surface area contributed by atoms with Crippen molar-refractivity contribution in [1.29, 1.82) is 0 Å². The molecule has 0 fully saturated rings. The first-order chi connectivity index (χ1) is 16.4. The van der Waals surface area contributed by atoms with Crippen molar-refractivity contribution >= 4 is 29.1 Å². The second kappa shape index (κ2) is 11.2. The highest BCUT2D eigenvalue weighted by molar-refractivity contribution is 6.11. The molecular formula is C25H20N2O7. The van der Waals surface area contributed by atoms with Crippen molar-refractivity contribution in [2.24, 2.45) is 10.2 Å². The Labute approximate surface area is 194 Å². The lowest BCUT2D eigenvalue weighted by Gasteiger charge is -2.07. The topological polar surface area (TPSA) is 135 Å². The molecule has 34 heavy (non-hydrogen) atoms. The normalized spacial score (nSPS) is 10.6. The summed E-state index contributed by atoms with van der Waals surface area (Å²) < 4.78 is 9.71. The van der Waals surface area contributed by atoms with Crippen LogP contribution in [0.5, 0.6) is 11.5 Å². The van der Waals surface area contributed by atoms with Gasteiger partial charge in [0.05, 0.1) is 16.8 Å². The molecule has 0 aliphatic heterocycles. The SMILES string of the molecule is C=CC(=O)OCCOC(=O)c1ccc(/N=N/c2cc(C(=O)c3ccccc3)c(O)cc2O)cc1. The average Bonchev–Trinajstić information content (AvgIpc) is 2.86. The Morgan fingerprint density at radius 3 is 2.18 bits per heavy atom. The Bertz CT molecular complexity index is 1240. The van der Waals surface area contributed by atoms with Crippen LogP contribution in [0.1, 0.15) is 26.3 Å². The zero-order chi connectivity index (χ0) is 24.5. The molecular weight excluding hydrogens is 440 g/mol. The molecule has 172 valence electrons. The fourth-order valence-corrected chi connectivity index (χ4v) is 2.77. The van der Waals surface area contributed by atoms with E-state index in [1.165, 1.54) is 30.3 Å². The van der Waals surface area contributed by atoms with Crippen molar-refractivity contribution in [2.45, 2.75) is 0 Å². The van der Waals surface area contributed by atoms with Gasteiger partial charge in [-0.1, -0.05) is 36.9 Å². The summed E-state index contributed by atoms with van der Waals surface area (Å²) in [6, 6.07) is 16.6. The molecule has 3 aromatic rings. The zero-order valence-electron chi connectivity index (χ0n) is 17.9. The second-order valence-corrected chi connectivity index (χ2v) is 6.81. The summed E-state index contributed by atoms with van der Waals surface area (Å²) in [7, 11) is 0. The first kappa shape index (κ1) is 23.9. The van der Waals surface area contributed by atoms with E-state index in [0.717, 1.165) is 12.1 Å². The van der Waals surface area contributed by atoms with Gasteiger partial charge in [0.15, 0.2) is 5.78 Å². The van der Waals surface area contributed by atoms with Crippen LogP contribution in [0.25, 0.3) is 0 Å². The van der Waals surface area contributed by atoms with E-state index in [4.69, 9.17) is 9.47 Å². The van der Waals surface area contributed by atoms with Crippen LogP contribution in [0.3, 0.4) is 0 Å². The minimum Gasteiger partial charge on any atom is -0.507 e. The van der Waals surface area contributed by atoms with Gasteiger partial charge in [0.1, 0.15) is 30.4 Å². The zero-order valence-corrected chi connectivity index (χ0v) is 17.9. The minimum atomic E-state index is -0.613. The van der Waals surface area contributed by atoms with Crippen LogP contribution >= 0.6 is 0 Å². The molecule has 0 aliphatic rings. The lowest BCUT2D eigenvalue weighted by molar-refractivity contribution is -0.138. The predicted octanol–water partition coefficient (Wildman–Crippen LogP) is 4.63. The van der Waals surface area contributed by atoms with E-state index in [0.29, 0.717) is 11.3 Å². The van der Waals surface area contributed by atoms with Crippen LogP contribution in [0.2, 0.25) is 0 Å². The number of hydrogen-bond acceptors (Lipinski definition) is 9. The predicted molar refractivity (Wildman–Crippen MR) is 122 cm³/mol. The highest BCUT2D eigenvalue weighted by Crippen LogP contribution is 2.35. The Morgan fingerprint density at radius 2 is 1.50 bits per heavy atom. The number of esters is 2. The lowest BCUT2D eigenvalue weighted by Crippen LogP contribution is -2.12. The summed E-state index contributed by atoms with van der Waals surface area (Å²) in [6.07, 6.45) is 1.01. The number of hydrogen-bond donors (Lipinski definition) is 2. The summed E-state index contributed by atoms with van der Waals surface area (Å²) in [6.45, 7) is 3.06. The number of ether oxygens (including phenoxy) is 2. The lowest BCUT2D eigenvalue weighted by atomic mass is 10.0. The van der Waals surface area contributed by atoms with Gasteiger partial charge < -0.3 is 19.7 Å². The number of ketones is 1. The number of carbonyl (C=O) groups is 3. The molecule has 0 spiro atoms. The summed E-state index contributed by atoms with van der Waals surface area (Å²) in [4.78, 5) is 35.6. The minimum absolute atomic E-state index is 0.0189. The van der Waals surface area contributed by atoms with E-state index in [-0.39, 0.29) is 41.5 Å². The van der Waals surface area contributed by atoms with Crippen molar-refractivity contribution in [3.63, 3.8) is 0 Å². The molecule has 0 bridgehead atoms. The molecule has 0 aromatic heterocycles. The standard InChI is InChI=1S/C25H20N2O7/c1-2-23(30)33-12-13-34-25(32)17-8-10-18(11-9-17)26-27-20-14-19(21(28)15-22(20)29)24(31)16-6-4-3-5-7-16/h2-11,14-15,28-29H,1,12-13H2/b27-26+. The number of carbonyl (C=O) groups excluding carboxylic acids is 3. The number of phenolic OH excluding ortho intramolecular Hbond substituents is 2. The molecule has 0 heterocycles. The van der Waals surface area contributed by atoms with Crippen molar-refractivity contribution in [2.75, 3.05) is 13.2 Å². The maximum absolute atomic E-state index is 12.7. The fourth-order valence-electron chi connectivity index (χ4n) is 2.77. The van der Waals surface area contributed by atoms with Crippen molar-refractivity contribution in [1.82, 2.24) is 0 Å². The molecule has 2 N–H and O–H groups in total. The molecule has 0 saturated heterocycles. The van der Waals surface area contributed by atoms with Gasteiger partial charge in [0.25, 0.3) is 0 Å². The average molecular weight is 460 g/mol. The van der Waals surface area contributed by atoms with E-state index in [1.807, 2.05) is 0 Å². The van der Waals surface area contributed by atoms with E-state index in [1.54, 1.807) is 30.3 Å². The third kappa shape index (κ3) is 6.13. The van der Waals surface area contributed by atoms with Gasteiger partial charge in [0.2, 0.25) is 0 Å². The van der Waals surface area contributed by atoms with Crippen LogP contribution in [0, 0.1) is 0 Å². The van der Waals surface area contributed by atoms with Crippen molar-refractivity contribution in [3.8, 4) is 11.5 Å². The number of azo groups is 1. The van der Waals surface area contributed by atoms with Gasteiger partial charge in [0, 0.05) is 17.7 Å². The summed E-state index contributed by atoms with van der Waals surface area (Å²) in [5.41, 5.74) is 0.925. The van der Waals surface area contributed by atoms with Crippen LogP contribution in [0.15, 0.2) is 89.6 Å².